The van der Waals surface area contributed by atoms with Gasteiger partial charge in [0.05, 0.1) is 12.8 Å². The summed E-state index contributed by atoms with van der Waals surface area (Å²) in [4.78, 5) is 11.5. The molecular formula is C11H14N2O3. The predicted molar refractivity (Wildman–Crippen MR) is 58.0 cm³/mol. The molecule has 86 valence electrons. The average Bonchev–Trinajstić information content (AvgIpc) is 2.55. The Bertz CT molecular complexity index is 452. The van der Waals surface area contributed by atoms with Crippen LogP contribution in [0.15, 0.2) is 0 Å². The predicted octanol–water partition coefficient (Wildman–Crippen LogP) is 0.513. The number of methoxy groups -OCH3 is 2. The molecule has 0 aliphatic rings. The van der Waals surface area contributed by atoms with Gasteiger partial charge in [-0.25, -0.2) is 4.79 Å². The lowest BCUT2D eigenvalue weighted by atomic mass is 10.2. The molecule has 0 fully saturated rings. The standard InChI is InChI=1S/C11H14N2O3/c1-8-10(11(14)16-4)9(12-13(8)2)6-5-7-15-3/h7H2,1-4H3. The second-order valence-corrected chi connectivity index (χ2v) is 3.16. The van der Waals surface area contributed by atoms with E-state index in [-0.39, 0.29) is 0 Å². The monoisotopic (exact) mass is 222 g/mol. The maximum Gasteiger partial charge on any atom is 0.342 e. The van der Waals surface area contributed by atoms with E-state index in [2.05, 4.69) is 21.7 Å². The summed E-state index contributed by atoms with van der Waals surface area (Å²) >= 11 is 0. The summed E-state index contributed by atoms with van der Waals surface area (Å²) < 4.78 is 11.1. The lowest BCUT2D eigenvalue weighted by molar-refractivity contribution is 0.0599. The van der Waals surface area contributed by atoms with Crippen molar-refractivity contribution in [3.05, 3.63) is 17.0 Å². The number of esters is 1. The van der Waals surface area contributed by atoms with Crippen LogP contribution in [0.25, 0.3) is 0 Å². The molecule has 0 saturated heterocycles. The molecule has 0 aromatic carbocycles. The van der Waals surface area contributed by atoms with Gasteiger partial charge >= 0.3 is 5.97 Å². The fourth-order valence-corrected chi connectivity index (χ4v) is 1.23. The largest absolute Gasteiger partial charge is 0.465 e. The number of aryl methyl sites for hydroxylation is 1. The van der Waals surface area contributed by atoms with Gasteiger partial charge in [0.1, 0.15) is 17.9 Å². The Morgan fingerprint density at radius 1 is 1.50 bits per heavy atom. The van der Waals surface area contributed by atoms with Gasteiger partial charge in [-0.3, -0.25) is 4.68 Å². The maximum absolute atomic E-state index is 11.5. The van der Waals surface area contributed by atoms with Crippen molar-refractivity contribution in [2.24, 2.45) is 7.05 Å². The first-order chi connectivity index (χ1) is 7.61. The number of rotatable bonds is 2. The third-order valence-electron chi connectivity index (χ3n) is 2.15. The molecular weight excluding hydrogens is 208 g/mol. The summed E-state index contributed by atoms with van der Waals surface area (Å²) in [7, 11) is 4.64. The van der Waals surface area contributed by atoms with Crippen LogP contribution in [0.5, 0.6) is 0 Å². The molecule has 0 bridgehead atoms. The van der Waals surface area contributed by atoms with Gasteiger partial charge in [-0.05, 0) is 12.8 Å². The quantitative estimate of drug-likeness (QED) is 0.540. The summed E-state index contributed by atoms with van der Waals surface area (Å²) in [5.41, 5.74) is 1.56. The van der Waals surface area contributed by atoms with E-state index in [4.69, 9.17) is 4.74 Å². The van der Waals surface area contributed by atoms with Crippen LogP contribution in [-0.4, -0.2) is 36.6 Å². The number of aromatic nitrogens is 2. The number of nitrogens with zero attached hydrogens (tertiary/aromatic N) is 2. The molecule has 0 atom stereocenters. The van der Waals surface area contributed by atoms with Crippen molar-refractivity contribution < 1.29 is 14.3 Å². The Balaban J connectivity index is 3.15. The van der Waals surface area contributed by atoms with Crippen molar-refractivity contribution >= 4 is 5.97 Å². The maximum atomic E-state index is 11.5. The molecule has 0 N–H and O–H groups in total. The molecule has 1 aromatic rings. The fraction of sp³-hybridized carbons (Fsp3) is 0.455. The average molecular weight is 222 g/mol. The van der Waals surface area contributed by atoms with Crippen LogP contribution in [0, 0.1) is 18.8 Å². The Hall–Kier alpha value is -1.80. The van der Waals surface area contributed by atoms with Crippen molar-refractivity contribution in [1.29, 1.82) is 0 Å². The molecule has 16 heavy (non-hydrogen) atoms. The third-order valence-corrected chi connectivity index (χ3v) is 2.15. The van der Waals surface area contributed by atoms with Crippen molar-refractivity contribution in [3.8, 4) is 11.8 Å². The smallest absolute Gasteiger partial charge is 0.342 e. The van der Waals surface area contributed by atoms with Crippen molar-refractivity contribution in [2.75, 3.05) is 20.8 Å². The lowest BCUT2D eigenvalue weighted by Crippen LogP contribution is -2.04. The Labute approximate surface area is 94.3 Å². The zero-order chi connectivity index (χ0) is 12.1. The zero-order valence-corrected chi connectivity index (χ0v) is 9.83. The summed E-state index contributed by atoms with van der Waals surface area (Å²) in [6.07, 6.45) is 0. The SMILES string of the molecule is COCC#Cc1nn(C)c(C)c1C(=O)OC. The highest BCUT2D eigenvalue weighted by atomic mass is 16.5. The van der Waals surface area contributed by atoms with Gasteiger partial charge in [-0.2, -0.15) is 5.10 Å². The van der Waals surface area contributed by atoms with Crippen LogP contribution in [0.2, 0.25) is 0 Å². The van der Waals surface area contributed by atoms with Gasteiger partial charge in [0.2, 0.25) is 0 Å². The van der Waals surface area contributed by atoms with E-state index in [9.17, 15) is 4.79 Å². The molecule has 5 heteroatoms. The molecule has 0 radical (unpaired) electrons. The molecule has 0 aliphatic carbocycles. The van der Waals surface area contributed by atoms with Crippen LogP contribution < -0.4 is 0 Å². The molecule has 1 rings (SSSR count). The van der Waals surface area contributed by atoms with E-state index in [1.54, 1.807) is 25.8 Å². The molecule has 0 unspecified atom stereocenters. The Morgan fingerprint density at radius 2 is 2.19 bits per heavy atom. The van der Waals surface area contributed by atoms with E-state index in [0.717, 1.165) is 5.69 Å². The summed E-state index contributed by atoms with van der Waals surface area (Å²) in [5, 5.41) is 4.14. The minimum Gasteiger partial charge on any atom is -0.465 e. The molecule has 0 aliphatic heterocycles. The highest BCUT2D eigenvalue weighted by Crippen LogP contribution is 2.12. The summed E-state index contributed by atoms with van der Waals surface area (Å²) in [6.45, 7) is 2.09. The van der Waals surface area contributed by atoms with Crippen molar-refractivity contribution in [2.45, 2.75) is 6.92 Å². The van der Waals surface area contributed by atoms with Crippen LogP contribution in [0.3, 0.4) is 0 Å². The minimum atomic E-state index is -0.424. The first kappa shape index (κ1) is 12.3. The Kier molecular flexibility index (Phi) is 4.09. The summed E-state index contributed by atoms with van der Waals surface area (Å²) in [5.74, 6) is 5.11. The first-order valence-electron chi connectivity index (χ1n) is 4.71. The molecule has 1 heterocycles. The number of ether oxygens (including phenoxy) is 2. The lowest BCUT2D eigenvalue weighted by Gasteiger charge is -1.97. The van der Waals surface area contributed by atoms with Crippen LogP contribution >= 0.6 is 0 Å². The second kappa shape index (κ2) is 5.33. The van der Waals surface area contributed by atoms with Crippen LogP contribution in [-0.2, 0) is 16.5 Å². The van der Waals surface area contributed by atoms with Gasteiger partial charge in [0.25, 0.3) is 0 Å². The molecule has 1 aromatic heterocycles. The molecule has 0 saturated carbocycles. The highest BCUT2D eigenvalue weighted by Gasteiger charge is 2.19. The first-order valence-corrected chi connectivity index (χ1v) is 4.71. The zero-order valence-electron chi connectivity index (χ0n) is 9.83. The van der Waals surface area contributed by atoms with E-state index in [0.29, 0.717) is 17.9 Å². The van der Waals surface area contributed by atoms with Crippen molar-refractivity contribution in [1.82, 2.24) is 9.78 Å². The third kappa shape index (κ3) is 2.41. The van der Waals surface area contributed by atoms with Crippen LogP contribution in [0.4, 0.5) is 0 Å². The number of hydrogen-bond acceptors (Lipinski definition) is 4. The number of carbonyl (C=O) groups is 1. The van der Waals surface area contributed by atoms with Gasteiger partial charge in [-0.1, -0.05) is 5.92 Å². The highest BCUT2D eigenvalue weighted by molar-refractivity contribution is 5.93. The van der Waals surface area contributed by atoms with Gasteiger partial charge < -0.3 is 9.47 Å². The van der Waals surface area contributed by atoms with Gasteiger partial charge in [0, 0.05) is 14.2 Å². The topological polar surface area (TPSA) is 53.4 Å². The van der Waals surface area contributed by atoms with Crippen LogP contribution in [0.1, 0.15) is 21.7 Å². The van der Waals surface area contributed by atoms with E-state index in [1.807, 2.05) is 0 Å². The fourth-order valence-electron chi connectivity index (χ4n) is 1.23. The summed E-state index contributed by atoms with van der Waals surface area (Å²) in [6, 6.07) is 0. The normalized spacial score (nSPS) is 9.50. The van der Waals surface area contributed by atoms with E-state index >= 15 is 0 Å². The molecule has 5 nitrogen and oxygen atoms in total. The number of hydrogen-bond donors (Lipinski definition) is 0. The second-order valence-electron chi connectivity index (χ2n) is 3.16. The van der Waals surface area contributed by atoms with E-state index < -0.39 is 5.97 Å². The molecule has 0 spiro atoms. The van der Waals surface area contributed by atoms with Gasteiger partial charge in [0.15, 0.2) is 0 Å². The van der Waals surface area contributed by atoms with Gasteiger partial charge in [-0.15, -0.1) is 0 Å². The number of carbonyl (C=O) groups excluding carboxylic acids is 1. The van der Waals surface area contributed by atoms with Crippen molar-refractivity contribution in [3.63, 3.8) is 0 Å². The van der Waals surface area contributed by atoms with E-state index in [1.165, 1.54) is 7.11 Å². The Morgan fingerprint density at radius 3 is 2.75 bits per heavy atom. The molecule has 0 amide bonds. The minimum absolute atomic E-state index is 0.302.